The number of halogens is 6. The fourth-order valence-corrected chi connectivity index (χ4v) is 1.35. The van der Waals surface area contributed by atoms with Crippen molar-refractivity contribution in [3.8, 4) is 11.5 Å². The average molecular weight is 308 g/mol. The molecule has 0 fully saturated rings. The number of ether oxygens (including phenoxy) is 1. The van der Waals surface area contributed by atoms with Crippen molar-refractivity contribution in [1.82, 2.24) is 4.98 Å². The van der Waals surface area contributed by atoms with Crippen LogP contribution in [-0.4, -0.2) is 16.5 Å². The molecule has 0 atom stereocenters. The van der Waals surface area contributed by atoms with Crippen LogP contribution in [0.1, 0.15) is 12.0 Å². The number of nitrogens with zero attached hydrogens (tertiary/aromatic N) is 1. The lowest BCUT2D eigenvalue weighted by molar-refractivity contribution is -0.275. The smallest absolute Gasteiger partial charge is 0.503 e. The first-order chi connectivity index (χ1) is 7.22. The molecule has 0 aromatic carbocycles. The van der Waals surface area contributed by atoms with Gasteiger partial charge in [0, 0.05) is 0 Å². The first-order valence-electron chi connectivity index (χ1n) is 3.63. The maximum Gasteiger partial charge on any atom is 0.573 e. The van der Waals surface area contributed by atoms with E-state index in [0.29, 0.717) is 6.20 Å². The average Bonchev–Trinajstić information content (AvgIpc) is 2.08. The highest BCUT2D eigenvalue weighted by Gasteiger charge is 2.36. The lowest BCUT2D eigenvalue weighted by atomic mass is 10.2. The normalized spacial score (nSPS) is 11.9. The first kappa shape index (κ1) is 12.9. The van der Waals surface area contributed by atoms with Gasteiger partial charge in [0.25, 0.3) is 6.43 Å². The zero-order valence-electron chi connectivity index (χ0n) is 7.23. The number of pyridine rings is 1. The van der Waals surface area contributed by atoms with Crippen LogP contribution in [0.4, 0.5) is 22.0 Å². The molecule has 1 aromatic heterocycles. The molecule has 1 rings (SSSR count). The van der Waals surface area contributed by atoms with E-state index in [9.17, 15) is 22.0 Å². The molecule has 0 saturated heterocycles. The minimum atomic E-state index is -5.18. The predicted octanol–water partition coefficient (Wildman–Crippen LogP) is 3.39. The van der Waals surface area contributed by atoms with Crippen LogP contribution in [0.2, 0.25) is 0 Å². The molecule has 0 spiro atoms. The Bertz CT molecular complexity index is 395. The van der Waals surface area contributed by atoms with Crippen LogP contribution in [0.15, 0.2) is 10.8 Å². The standard InChI is InChI=1S/C7H3BrF5NO2/c8-5-3(6(9)10)4(2(15)1-14-5)16-7(11,12)13/h1,6,15H. The number of aromatic nitrogens is 1. The molecular weight excluding hydrogens is 305 g/mol. The Kier molecular flexibility index (Phi) is 3.56. The summed E-state index contributed by atoms with van der Waals surface area (Å²) in [6, 6.07) is 0. The van der Waals surface area contributed by atoms with Gasteiger partial charge in [0.1, 0.15) is 4.60 Å². The van der Waals surface area contributed by atoms with Gasteiger partial charge in [0.2, 0.25) is 0 Å². The third-order valence-corrected chi connectivity index (χ3v) is 2.07. The summed E-state index contributed by atoms with van der Waals surface area (Å²) < 4.78 is 63.3. The van der Waals surface area contributed by atoms with Gasteiger partial charge in [-0.1, -0.05) is 0 Å². The van der Waals surface area contributed by atoms with Gasteiger partial charge in [-0.2, -0.15) is 0 Å². The van der Waals surface area contributed by atoms with Crippen LogP contribution in [0, 0.1) is 0 Å². The van der Waals surface area contributed by atoms with E-state index in [1.54, 1.807) is 0 Å². The quantitative estimate of drug-likeness (QED) is 0.673. The van der Waals surface area contributed by atoms with Gasteiger partial charge in [0.05, 0.1) is 11.8 Å². The Morgan fingerprint density at radius 1 is 1.38 bits per heavy atom. The summed E-state index contributed by atoms with van der Waals surface area (Å²) in [5.41, 5.74) is -1.16. The van der Waals surface area contributed by atoms with E-state index >= 15 is 0 Å². The summed E-state index contributed by atoms with van der Waals surface area (Å²) >= 11 is 2.54. The van der Waals surface area contributed by atoms with Crippen molar-refractivity contribution in [1.29, 1.82) is 0 Å². The molecule has 1 N–H and O–H groups in total. The van der Waals surface area contributed by atoms with E-state index in [-0.39, 0.29) is 0 Å². The Balaban J connectivity index is 3.29. The van der Waals surface area contributed by atoms with E-state index < -0.39 is 34.5 Å². The Morgan fingerprint density at radius 3 is 2.38 bits per heavy atom. The highest BCUT2D eigenvalue weighted by Crippen LogP contribution is 2.42. The lowest BCUT2D eigenvalue weighted by Gasteiger charge is -2.14. The molecule has 1 heterocycles. The molecule has 0 saturated carbocycles. The highest BCUT2D eigenvalue weighted by molar-refractivity contribution is 9.10. The number of alkyl halides is 5. The van der Waals surface area contributed by atoms with Crippen molar-refractivity contribution in [3.63, 3.8) is 0 Å². The predicted molar refractivity (Wildman–Crippen MR) is 45.2 cm³/mol. The maximum absolute atomic E-state index is 12.4. The summed E-state index contributed by atoms with van der Waals surface area (Å²) in [6.07, 6.45) is -7.88. The van der Waals surface area contributed by atoms with Crippen LogP contribution in [0.25, 0.3) is 0 Å². The topological polar surface area (TPSA) is 42.4 Å². The van der Waals surface area contributed by atoms with Crippen LogP contribution in [-0.2, 0) is 0 Å². The molecule has 0 amide bonds. The molecule has 16 heavy (non-hydrogen) atoms. The number of hydrogen-bond acceptors (Lipinski definition) is 3. The van der Waals surface area contributed by atoms with Gasteiger partial charge in [-0.05, 0) is 15.9 Å². The zero-order valence-corrected chi connectivity index (χ0v) is 8.81. The molecule has 0 aliphatic carbocycles. The summed E-state index contributed by atoms with van der Waals surface area (Å²) in [7, 11) is 0. The molecule has 0 radical (unpaired) electrons. The molecule has 0 aliphatic rings. The first-order valence-corrected chi connectivity index (χ1v) is 4.43. The van der Waals surface area contributed by atoms with Gasteiger partial charge in [-0.25, -0.2) is 13.8 Å². The van der Waals surface area contributed by atoms with Crippen LogP contribution in [0.3, 0.4) is 0 Å². The molecule has 0 unspecified atom stereocenters. The minimum Gasteiger partial charge on any atom is -0.503 e. The molecule has 0 bridgehead atoms. The molecule has 1 aromatic rings. The van der Waals surface area contributed by atoms with Crippen molar-refractivity contribution in [3.05, 3.63) is 16.4 Å². The van der Waals surface area contributed by atoms with E-state index in [1.165, 1.54) is 0 Å². The fourth-order valence-electron chi connectivity index (χ4n) is 0.890. The molecule has 90 valence electrons. The number of aromatic hydroxyl groups is 1. The van der Waals surface area contributed by atoms with Crippen molar-refractivity contribution in [2.24, 2.45) is 0 Å². The van der Waals surface area contributed by atoms with Crippen molar-refractivity contribution in [2.75, 3.05) is 0 Å². The SMILES string of the molecule is Oc1cnc(Br)c(C(F)F)c1OC(F)(F)F. The van der Waals surface area contributed by atoms with Crippen LogP contribution in [0.5, 0.6) is 11.5 Å². The largest absolute Gasteiger partial charge is 0.573 e. The number of rotatable bonds is 2. The van der Waals surface area contributed by atoms with Crippen molar-refractivity contribution < 1.29 is 31.8 Å². The second-order valence-corrected chi connectivity index (χ2v) is 3.28. The molecule has 9 heteroatoms. The lowest BCUT2D eigenvalue weighted by Crippen LogP contribution is -2.18. The third kappa shape index (κ3) is 2.94. The van der Waals surface area contributed by atoms with Crippen molar-refractivity contribution >= 4 is 15.9 Å². The third-order valence-electron chi connectivity index (χ3n) is 1.44. The van der Waals surface area contributed by atoms with E-state index in [2.05, 4.69) is 25.7 Å². The van der Waals surface area contributed by atoms with E-state index in [4.69, 9.17) is 5.11 Å². The van der Waals surface area contributed by atoms with Gasteiger partial charge >= 0.3 is 6.36 Å². The Hall–Kier alpha value is -1.12. The fraction of sp³-hybridized carbons (Fsp3) is 0.286. The molecule has 0 aliphatic heterocycles. The van der Waals surface area contributed by atoms with E-state index in [1.807, 2.05) is 0 Å². The summed E-state index contributed by atoms with van der Waals surface area (Å²) in [5.74, 6) is -2.47. The van der Waals surface area contributed by atoms with Gasteiger partial charge in [0.15, 0.2) is 11.5 Å². The summed E-state index contributed by atoms with van der Waals surface area (Å²) in [6.45, 7) is 0. The maximum atomic E-state index is 12.4. The van der Waals surface area contributed by atoms with Gasteiger partial charge in [-0.3, -0.25) is 0 Å². The number of hydrogen-bond donors (Lipinski definition) is 1. The second-order valence-electron chi connectivity index (χ2n) is 2.53. The van der Waals surface area contributed by atoms with Crippen LogP contribution >= 0.6 is 15.9 Å². The highest BCUT2D eigenvalue weighted by atomic mass is 79.9. The molecule has 3 nitrogen and oxygen atoms in total. The second kappa shape index (κ2) is 4.40. The minimum absolute atomic E-state index is 0.528. The monoisotopic (exact) mass is 307 g/mol. The molecular formula is C7H3BrF5NO2. The van der Waals surface area contributed by atoms with E-state index in [0.717, 1.165) is 0 Å². The van der Waals surface area contributed by atoms with Crippen LogP contribution < -0.4 is 4.74 Å². The Labute approximate surface area is 94.0 Å². The van der Waals surface area contributed by atoms with Crippen molar-refractivity contribution in [2.45, 2.75) is 12.8 Å². The van der Waals surface area contributed by atoms with Gasteiger partial charge < -0.3 is 9.84 Å². The van der Waals surface area contributed by atoms with Gasteiger partial charge in [-0.15, -0.1) is 13.2 Å². The Morgan fingerprint density at radius 2 is 1.94 bits per heavy atom. The summed E-state index contributed by atoms with van der Waals surface area (Å²) in [4.78, 5) is 3.23. The zero-order chi connectivity index (χ0) is 12.5. The summed E-state index contributed by atoms with van der Waals surface area (Å²) in [5, 5.41) is 8.99.